The van der Waals surface area contributed by atoms with Gasteiger partial charge in [-0.05, 0) is 24.6 Å². The van der Waals surface area contributed by atoms with Crippen molar-refractivity contribution in [3.8, 4) is 24.0 Å². The second kappa shape index (κ2) is 7.43. The average Bonchev–Trinajstić information content (AvgIpc) is 2.62. The van der Waals surface area contributed by atoms with Gasteiger partial charge in [-0.3, -0.25) is 9.79 Å². The molecule has 0 fully saturated rings. The molecule has 0 aliphatic carbocycles. The van der Waals surface area contributed by atoms with Gasteiger partial charge < -0.3 is 4.74 Å². The molecule has 0 saturated carbocycles. The average molecular weight is 332 g/mol. The number of allylic oxidation sites excluding steroid dienone is 1. The van der Waals surface area contributed by atoms with Crippen LogP contribution in [-0.2, 0) is 4.79 Å². The summed E-state index contributed by atoms with van der Waals surface area (Å²) >= 11 is 0. The number of hydrogen-bond acceptors (Lipinski definition) is 6. The number of carbonyl (C=O) groups excluding carboxylic acids is 1. The van der Waals surface area contributed by atoms with E-state index in [0.29, 0.717) is 5.75 Å². The molecule has 0 N–H and O–H groups in total. The van der Waals surface area contributed by atoms with Gasteiger partial charge >= 0.3 is 0 Å². The highest BCUT2D eigenvalue weighted by molar-refractivity contribution is 5.99. The van der Waals surface area contributed by atoms with Crippen molar-refractivity contribution in [2.45, 2.75) is 12.8 Å². The summed E-state index contributed by atoms with van der Waals surface area (Å²) < 4.78 is 5.14. The number of Topliss-reactive ketones (excluding diaryl/α,β-unsaturated/α-hetero) is 1. The first kappa shape index (κ1) is 17.9. The number of rotatable bonds is 4. The maximum Gasteiger partial charge on any atom is 0.172 e. The summed E-state index contributed by atoms with van der Waals surface area (Å²) in [6, 6.07) is 12.8. The van der Waals surface area contributed by atoms with Gasteiger partial charge in [-0.15, -0.1) is 0 Å². The Morgan fingerprint density at radius 2 is 1.84 bits per heavy atom. The molecule has 0 bridgehead atoms. The molecule has 25 heavy (non-hydrogen) atoms. The van der Waals surface area contributed by atoms with Crippen LogP contribution in [-0.4, -0.2) is 18.6 Å². The first-order valence-corrected chi connectivity index (χ1v) is 7.59. The van der Waals surface area contributed by atoms with Crippen LogP contribution in [0.15, 0.2) is 41.5 Å². The van der Waals surface area contributed by atoms with Crippen LogP contribution in [0.4, 0.5) is 0 Å². The topological polar surface area (TPSA) is 110 Å². The highest BCUT2D eigenvalue weighted by atomic mass is 16.5. The molecule has 1 aliphatic heterocycles. The molecule has 0 amide bonds. The van der Waals surface area contributed by atoms with Gasteiger partial charge in [0, 0.05) is 11.6 Å². The molecular weight excluding hydrogens is 316 g/mol. The zero-order valence-corrected chi connectivity index (χ0v) is 13.9. The second-order valence-corrected chi connectivity index (χ2v) is 5.71. The molecule has 0 aromatic heterocycles. The lowest BCUT2D eigenvalue weighted by atomic mass is 9.69. The van der Waals surface area contributed by atoms with E-state index in [0.717, 1.165) is 5.56 Å². The summed E-state index contributed by atoms with van der Waals surface area (Å²) in [6.45, 7) is 5.26. The van der Waals surface area contributed by atoms with Crippen LogP contribution < -0.4 is 4.74 Å². The quantitative estimate of drug-likeness (QED) is 0.842. The van der Waals surface area contributed by atoms with E-state index in [9.17, 15) is 20.6 Å². The van der Waals surface area contributed by atoms with Crippen molar-refractivity contribution in [1.82, 2.24) is 0 Å². The van der Waals surface area contributed by atoms with Gasteiger partial charge in [-0.1, -0.05) is 18.7 Å². The molecule has 1 aromatic rings. The van der Waals surface area contributed by atoms with Gasteiger partial charge in [-0.2, -0.15) is 15.8 Å². The van der Waals surface area contributed by atoms with E-state index in [2.05, 4.69) is 17.6 Å². The van der Waals surface area contributed by atoms with E-state index in [1.54, 1.807) is 31.4 Å². The van der Waals surface area contributed by atoms with E-state index >= 15 is 0 Å². The molecule has 6 heteroatoms. The Morgan fingerprint density at radius 1 is 1.24 bits per heavy atom. The molecule has 0 unspecified atom stereocenters. The van der Waals surface area contributed by atoms with Crippen molar-refractivity contribution in [3.05, 3.63) is 42.1 Å². The first-order chi connectivity index (χ1) is 12.0. The predicted molar refractivity (Wildman–Crippen MR) is 90.3 cm³/mol. The molecule has 124 valence electrons. The fraction of sp³-hybridized carbons (Fsp3) is 0.316. The monoisotopic (exact) mass is 332 g/mol. The number of hydrogen-bond donors (Lipinski definition) is 0. The number of nitriles is 3. The molecule has 1 heterocycles. The van der Waals surface area contributed by atoms with Crippen molar-refractivity contribution < 1.29 is 9.53 Å². The van der Waals surface area contributed by atoms with Crippen LogP contribution in [0.2, 0.25) is 0 Å². The van der Waals surface area contributed by atoms with Gasteiger partial charge in [0.1, 0.15) is 11.5 Å². The summed E-state index contributed by atoms with van der Waals surface area (Å²) in [5, 5.41) is 28.1. The number of ether oxygens (including phenoxy) is 1. The summed E-state index contributed by atoms with van der Waals surface area (Å²) in [7, 11) is 1.54. The van der Waals surface area contributed by atoms with Gasteiger partial charge in [-0.25, -0.2) is 0 Å². The maximum absolute atomic E-state index is 12.2. The molecule has 0 radical (unpaired) electrons. The fourth-order valence-corrected chi connectivity index (χ4v) is 3.14. The van der Waals surface area contributed by atoms with E-state index in [1.165, 1.54) is 6.92 Å². The van der Waals surface area contributed by atoms with Crippen molar-refractivity contribution in [2.75, 3.05) is 7.11 Å². The number of aliphatic imine (C=N–C) groups is 1. The molecule has 0 spiro atoms. The minimum atomic E-state index is -1.16. The van der Waals surface area contributed by atoms with E-state index < -0.39 is 23.7 Å². The summed E-state index contributed by atoms with van der Waals surface area (Å²) in [4.78, 5) is 16.4. The highest BCUT2D eigenvalue weighted by Gasteiger charge is 2.44. The van der Waals surface area contributed by atoms with Crippen molar-refractivity contribution in [2.24, 2.45) is 22.7 Å². The lowest BCUT2D eigenvalue weighted by molar-refractivity contribution is -0.120. The SMILES string of the molecule is C=C1N=C(C(C#N)C#N)[C@@H](C#N)[C@H](c2ccc(OC)cc2)[C@@H]1C(C)=O. The molecule has 1 aromatic carbocycles. The highest BCUT2D eigenvalue weighted by Crippen LogP contribution is 2.43. The molecule has 0 saturated heterocycles. The van der Waals surface area contributed by atoms with E-state index in [1.807, 2.05) is 12.1 Å². The van der Waals surface area contributed by atoms with E-state index in [4.69, 9.17) is 4.74 Å². The zero-order chi connectivity index (χ0) is 18.6. The largest absolute Gasteiger partial charge is 0.497 e. The Kier molecular flexibility index (Phi) is 5.32. The molecular formula is C19H16N4O2. The molecule has 2 rings (SSSR count). The predicted octanol–water partition coefficient (Wildman–Crippen LogP) is 2.76. The van der Waals surface area contributed by atoms with Crippen LogP contribution in [0.25, 0.3) is 0 Å². The van der Waals surface area contributed by atoms with Crippen LogP contribution in [0.3, 0.4) is 0 Å². The number of carbonyl (C=O) groups is 1. The standard InChI is InChI=1S/C19H16N4O2/c1-11-17(12(2)24)18(13-4-6-15(25-3)7-5-13)16(10-22)19(23-11)14(8-20)9-21/h4-7,14,16-18H,1H2,2-3H3/t16-,17-,18-/m0/s1. The molecule has 6 nitrogen and oxygen atoms in total. The van der Waals surface area contributed by atoms with Crippen molar-refractivity contribution >= 4 is 11.5 Å². The minimum absolute atomic E-state index is 0.149. The Labute approximate surface area is 146 Å². The normalized spacial score (nSPS) is 22.3. The van der Waals surface area contributed by atoms with Gasteiger partial charge in [0.2, 0.25) is 0 Å². The molecule has 3 atom stereocenters. The number of nitrogens with zero attached hydrogens (tertiary/aromatic N) is 4. The molecule has 1 aliphatic rings. The lowest BCUT2D eigenvalue weighted by Gasteiger charge is -2.34. The van der Waals surface area contributed by atoms with Crippen LogP contribution in [0.1, 0.15) is 18.4 Å². The Balaban J connectivity index is 2.63. The minimum Gasteiger partial charge on any atom is -0.497 e. The van der Waals surface area contributed by atoms with Crippen LogP contribution in [0.5, 0.6) is 5.75 Å². The number of ketones is 1. The third kappa shape index (κ3) is 3.27. The first-order valence-electron chi connectivity index (χ1n) is 7.59. The van der Waals surface area contributed by atoms with Crippen LogP contribution >= 0.6 is 0 Å². The van der Waals surface area contributed by atoms with Crippen LogP contribution in [0, 0.1) is 51.7 Å². The fourth-order valence-electron chi connectivity index (χ4n) is 3.14. The summed E-state index contributed by atoms with van der Waals surface area (Å²) in [5.74, 6) is -2.78. The Hall–Kier alpha value is -3.43. The maximum atomic E-state index is 12.2. The van der Waals surface area contributed by atoms with Crippen molar-refractivity contribution in [3.63, 3.8) is 0 Å². The number of methoxy groups -OCH3 is 1. The number of benzene rings is 1. The zero-order valence-electron chi connectivity index (χ0n) is 13.9. The van der Waals surface area contributed by atoms with Gasteiger partial charge in [0.15, 0.2) is 5.92 Å². The second-order valence-electron chi connectivity index (χ2n) is 5.71. The lowest BCUT2D eigenvalue weighted by Crippen LogP contribution is -2.38. The smallest absolute Gasteiger partial charge is 0.172 e. The third-order valence-electron chi connectivity index (χ3n) is 4.30. The third-order valence-corrected chi connectivity index (χ3v) is 4.30. The van der Waals surface area contributed by atoms with E-state index in [-0.39, 0.29) is 17.2 Å². The Bertz CT molecular complexity index is 835. The van der Waals surface area contributed by atoms with Crippen molar-refractivity contribution in [1.29, 1.82) is 15.8 Å². The Morgan fingerprint density at radius 3 is 2.28 bits per heavy atom. The summed E-state index contributed by atoms with van der Waals surface area (Å²) in [6.07, 6.45) is 0. The van der Waals surface area contributed by atoms with Gasteiger partial charge in [0.05, 0.1) is 42.9 Å². The van der Waals surface area contributed by atoms with Gasteiger partial charge in [0.25, 0.3) is 0 Å². The summed E-state index contributed by atoms with van der Waals surface area (Å²) in [5.41, 5.74) is 1.15.